The zero-order valence-electron chi connectivity index (χ0n) is 16.9. The SMILES string of the molecule is CCC(=O)C1C(CCC2CCCC2)=NC(=O)NC1c1ccc(OC(C)=O)c(Cl)c1. The van der Waals surface area contributed by atoms with Crippen LogP contribution in [0.2, 0.25) is 5.02 Å². The van der Waals surface area contributed by atoms with Gasteiger partial charge >= 0.3 is 12.0 Å². The molecule has 1 fully saturated rings. The van der Waals surface area contributed by atoms with Gasteiger partial charge in [-0.2, -0.15) is 0 Å². The Bertz CT molecular complexity index is 830. The van der Waals surface area contributed by atoms with Crippen LogP contribution in [0.15, 0.2) is 23.2 Å². The number of halogens is 1. The number of Topliss-reactive ketones (excluding diaryl/α,β-unsaturated/α-hetero) is 1. The highest BCUT2D eigenvalue weighted by molar-refractivity contribution is 6.32. The van der Waals surface area contributed by atoms with Crippen molar-refractivity contribution in [1.82, 2.24) is 5.32 Å². The van der Waals surface area contributed by atoms with E-state index in [4.69, 9.17) is 16.3 Å². The van der Waals surface area contributed by atoms with Crippen molar-refractivity contribution in [3.05, 3.63) is 28.8 Å². The summed E-state index contributed by atoms with van der Waals surface area (Å²) < 4.78 is 5.07. The van der Waals surface area contributed by atoms with Crippen LogP contribution < -0.4 is 10.1 Å². The van der Waals surface area contributed by atoms with Gasteiger partial charge in [0.25, 0.3) is 0 Å². The van der Waals surface area contributed by atoms with E-state index in [9.17, 15) is 14.4 Å². The third-order valence-corrected chi connectivity index (χ3v) is 6.06. The zero-order valence-corrected chi connectivity index (χ0v) is 17.6. The summed E-state index contributed by atoms with van der Waals surface area (Å²) in [4.78, 5) is 40.5. The Kier molecular flexibility index (Phi) is 7.06. The first-order chi connectivity index (χ1) is 13.9. The number of urea groups is 1. The fraction of sp³-hybridized carbons (Fsp3) is 0.545. The van der Waals surface area contributed by atoms with Crippen molar-refractivity contribution in [2.24, 2.45) is 16.8 Å². The molecule has 0 spiro atoms. The summed E-state index contributed by atoms with van der Waals surface area (Å²) in [6.07, 6.45) is 6.90. The number of hydrogen-bond acceptors (Lipinski definition) is 4. The van der Waals surface area contributed by atoms with E-state index in [0.717, 1.165) is 6.42 Å². The van der Waals surface area contributed by atoms with E-state index in [1.807, 2.05) is 6.92 Å². The average molecular weight is 419 g/mol. The number of nitrogens with zero attached hydrogens (tertiary/aromatic N) is 1. The van der Waals surface area contributed by atoms with Gasteiger partial charge in [-0.15, -0.1) is 0 Å². The second-order valence-electron chi connectivity index (χ2n) is 7.80. The third kappa shape index (κ3) is 5.24. The number of carbonyl (C=O) groups is 3. The van der Waals surface area contributed by atoms with Gasteiger partial charge in [0.1, 0.15) is 11.5 Å². The van der Waals surface area contributed by atoms with Crippen molar-refractivity contribution < 1.29 is 19.1 Å². The summed E-state index contributed by atoms with van der Waals surface area (Å²) in [7, 11) is 0. The predicted molar refractivity (Wildman–Crippen MR) is 111 cm³/mol. The maximum Gasteiger partial charge on any atom is 0.341 e. The molecule has 1 aromatic carbocycles. The number of ether oxygens (including phenoxy) is 1. The zero-order chi connectivity index (χ0) is 21.0. The van der Waals surface area contributed by atoms with Crippen LogP contribution in [0.1, 0.15) is 70.4 Å². The maximum absolute atomic E-state index is 12.8. The number of rotatable bonds is 7. The van der Waals surface area contributed by atoms with Gasteiger partial charge in [0.15, 0.2) is 0 Å². The lowest BCUT2D eigenvalue weighted by atomic mass is 9.81. The van der Waals surface area contributed by atoms with Crippen LogP contribution >= 0.6 is 11.6 Å². The van der Waals surface area contributed by atoms with Gasteiger partial charge in [0, 0.05) is 19.1 Å². The molecule has 2 amide bonds. The van der Waals surface area contributed by atoms with Crippen molar-refractivity contribution in [3.63, 3.8) is 0 Å². The van der Waals surface area contributed by atoms with Gasteiger partial charge in [0.2, 0.25) is 0 Å². The van der Waals surface area contributed by atoms with Crippen molar-refractivity contribution in [2.45, 2.75) is 64.8 Å². The van der Waals surface area contributed by atoms with Crippen LogP contribution in [-0.4, -0.2) is 23.5 Å². The van der Waals surface area contributed by atoms with Crippen molar-refractivity contribution in [2.75, 3.05) is 0 Å². The molecule has 0 saturated heterocycles. The van der Waals surface area contributed by atoms with Gasteiger partial charge in [0.05, 0.1) is 17.0 Å². The van der Waals surface area contributed by atoms with Gasteiger partial charge < -0.3 is 10.1 Å². The van der Waals surface area contributed by atoms with E-state index < -0.39 is 24.0 Å². The number of carbonyl (C=O) groups excluding carboxylic acids is 3. The fourth-order valence-electron chi connectivity index (χ4n) is 4.32. The average Bonchev–Trinajstić information content (AvgIpc) is 3.20. The smallest absolute Gasteiger partial charge is 0.341 e. The second kappa shape index (κ2) is 9.53. The van der Waals surface area contributed by atoms with E-state index in [-0.39, 0.29) is 16.6 Å². The molecule has 1 saturated carbocycles. The highest BCUT2D eigenvalue weighted by Crippen LogP contribution is 2.36. The molecule has 7 heteroatoms. The first-order valence-corrected chi connectivity index (χ1v) is 10.6. The first kappa shape index (κ1) is 21.5. The van der Waals surface area contributed by atoms with Gasteiger partial charge in [-0.25, -0.2) is 9.79 Å². The number of ketones is 1. The molecule has 2 atom stereocenters. The maximum atomic E-state index is 12.8. The molecular formula is C22H27ClN2O4. The quantitative estimate of drug-likeness (QED) is 0.496. The Morgan fingerprint density at radius 2 is 2.00 bits per heavy atom. The van der Waals surface area contributed by atoms with Crippen LogP contribution in [-0.2, 0) is 9.59 Å². The molecule has 0 radical (unpaired) electrons. The molecule has 1 aliphatic carbocycles. The van der Waals surface area contributed by atoms with E-state index in [2.05, 4.69) is 10.3 Å². The summed E-state index contributed by atoms with van der Waals surface area (Å²) in [6, 6.07) is 3.99. The van der Waals surface area contributed by atoms with Crippen LogP contribution in [0.25, 0.3) is 0 Å². The van der Waals surface area contributed by atoms with Crippen molar-refractivity contribution in [3.8, 4) is 5.75 Å². The highest BCUT2D eigenvalue weighted by Gasteiger charge is 2.38. The van der Waals surface area contributed by atoms with E-state index in [1.54, 1.807) is 18.2 Å². The molecule has 0 bridgehead atoms. The Labute approximate surface area is 176 Å². The number of hydrogen-bond donors (Lipinski definition) is 1. The van der Waals surface area contributed by atoms with Crippen molar-refractivity contribution >= 4 is 35.1 Å². The number of benzene rings is 1. The normalized spacial score (nSPS) is 22.2. The van der Waals surface area contributed by atoms with Crippen LogP contribution in [0.4, 0.5) is 4.79 Å². The van der Waals surface area contributed by atoms with E-state index >= 15 is 0 Å². The van der Waals surface area contributed by atoms with Gasteiger partial charge in [-0.1, -0.05) is 50.3 Å². The molecule has 29 heavy (non-hydrogen) atoms. The summed E-state index contributed by atoms with van der Waals surface area (Å²) >= 11 is 6.27. The van der Waals surface area contributed by atoms with Crippen LogP contribution in [0, 0.1) is 11.8 Å². The van der Waals surface area contributed by atoms with E-state index in [0.29, 0.717) is 30.0 Å². The molecular weight excluding hydrogens is 392 g/mol. The molecule has 2 unspecified atom stereocenters. The second-order valence-corrected chi connectivity index (χ2v) is 8.21. The van der Waals surface area contributed by atoms with Crippen molar-refractivity contribution in [1.29, 1.82) is 0 Å². The molecule has 1 aromatic rings. The van der Waals surface area contributed by atoms with Crippen LogP contribution in [0.3, 0.4) is 0 Å². The molecule has 1 N–H and O–H groups in total. The summed E-state index contributed by atoms with van der Waals surface area (Å²) in [5.41, 5.74) is 1.36. The minimum absolute atomic E-state index is 0.0420. The minimum atomic E-state index is -0.532. The Balaban J connectivity index is 1.87. The summed E-state index contributed by atoms with van der Waals surface area (Å²) in [6.45, 7) is 3.12. The Morgan fingerprint density at radius 3 is 2.62 bits per heavy atom. The fourth-order valence-corrected chi connectivity index (χ4v) is 4.55. The standard InChI is InChI=1S/C22H27ClN2O4/c1-3-18(27)20-17(10-8-14-6-4-5-7-14)24-22(28)25-21(20)15-9-11-19(16(23)12-15)29-13(2)26/h9,11-12,14,20-21H,3-8,10H2,1-2H3,(H,25,28). The number of esters is 1. The molecule has 156 valence electrons. The lowest BCUT2D eigenvalue weighted by Crippen LogP contribution is -2.44. The minimum Gasteiger partial charge on any atom is -0.425 e. The molecule has 6 nitrogen and oxygen atoms in total. The van der Waals surface area contributed by atoms with Gasteiger partial charge in [-0.3, -0.25) is 9.59 Å². The summed E-state index contributed by atoms with van der Waals surface area (Å²) in [5.74, 6) is -0.0318. The Morgan fingerprint density at radius 1 is 1.28 bits per heavy atom. The van der Waals surface area contributed by atoms with Gasteiger partial charge in [-0.05, 0) is 36.5 Å². The topological polar surface area (TPSA) is 84.8 Å². The number of aliphatic imine (C=N–C) groups is 1. The third-order valence-electron chi connectivity index (χ3n) is 5.76. The molecule has 2 aliphatic rings. The summed E-state index contributed by atoms with van der Waals surface area (Å²) in [5, 5.41) is 3.08. The number of amides is 2. The van der Waals surface area contributed by atoms with E-state index in [1.165, 1.54) is 32.6 Å². The molecule has 1 heterocycles. The lowest BCUT2D eigenvalue weighted by Gasteiger charge is -2.32. The predicted octanol–water partition coefficient (Wildman–Crippen LogP) is 5.04. The van der Waals surface area contributed by atoms with Crippen LogP contribution in [0.5, 0.6) is 5.75 Å². The Hall–Kier alpha value is -2.21. The molecule has 1 aliphatic heterocycles. The highest BCUT2D eigenvalue weighted by atomic mass is 35.5. The molecule has 0 aromatic heterocycles. The first-order valence-electron chi connectivity index (χ1n) is 10.3. The number of nitrogens with one attached hydrogen (secondary N) is 1. The monoisotopic (exact) mass is 418 g/mol. The largest absolute Gasteiger partial charge is 0.425 e. The molecule has 3 rings (SSSR count). The lowest BCUT2D eigenvalue weighted by molar-refractivity contribution is -0.131.